The van der Waals surface area contributed by atoms with E-state index in [0.717, 1.165) is 32.7 Å². The van der Waals surface area contributed by atoms with E-state index in [1.807, 2.05) is 11.8 Å². The third kappa shape index (κ3) is 3.80. The van der Waals surface area contributed by atoms with Gasteiger partial charge in [-0.2, -0.15) is 0 Å². The Balaban J connectivity index is 1.72. The predicted molar refractivity (Wildman–Crippen MR) is 72.7 cm³/mol. The van der Waals surface area contributed by atoms with Crippen LogP contribution in [0.15, 0.2) is 17.5 Å². The number of thiophene rings is 1. The molecule has 4 nitrogen and oxygen atoms in total. The molecule has 1 aromatic rings. The molecule has 0 spiro atoms. The molecule has 0 aliphatic carbocycles. The maximum Gasteiger partial charge on any atom is 0.248 e. The summed E-state index contributed by atoms with van der Waals surface area (Å²) in [5, 5.41) is 2.11. The Bertz CT molecular complexity index is 359. The van der Waals surface area contributed by atoms with Gasteiger partial charge < -0.3 is 9.64 Å². The molecular weight excluding hydrogens is 248 g/mol. The fourth-order valence-corrected chi connectivity index (χ4v) is 2.81. The zero-order valence-corrected chi connectivity index (χ0v) is 11.6. The number of hydrogen-bond donors (Lipinski definition) is 0. The van der Waals surface area contributed by atoms with Gasteiger partial charge in [-0.15, -0.1) is 11.3 Å². The molecule has 100 valence electrons. The van der Waals surface area contributed by atoms with E-state index in [0.29, 0.717) is 6.61 Å². The van der Waals surface area contributed by atoms with Gasteiger partial charge in [0.15, 0.2) is 0 Å². The third-order valence-electron chi connectivity index (χ3n) is 3.11. The van der Waals surface area contributed by atoms with E-state index in [4.69, 9.17) is 4.74 Å². The second kappa shape index (κ2) is 6.87. The summed E-state index contributed by atoms with van der Waals surface area (Å²) in [6.45, 7) is 7.28. The average Bonchev–Trinajstić information content (AvgIpc) is 2.89. The fourth-order valence-electron chi connectivity index (χ4n) is 2.06. The molecule has 1 fully saturated rings. The van der Waals surface area contributed by atoms with E-state index in [9.17, 15) is 4.79 Å². The normalized spacial score (nSPS) is 17.1. The van der Waals surface area contributed by atoms with Crippen molar-refractivity contribution in [2.75, 3.05) is 39.4 Å². The fraction of sp³-hybridized carbons (Fsp3) is 0.615. The van der Waals surface area contributed by atoms with Crippen molar-refractivity contribution < 1.29 is 9.53 Å². The van der Waals surface area contributed by atoms with Gasteiger partial charge in [-0.1, -0.05) is 6.07 Å². The van der Waals surface area contributed by atoms with Crippen LogP contribution in [0.1, 0.15) is 11.8 Å². The largest absolute Gasteiger partial charge is 0.372 e. The molecule has 18 heavy (non-hydrogen) atoms. The highest BCUT2D eigenvalue weighted by Gasteiger charge is 2.20. The number of amides is 1. The molecule has 0 bridgehead atoms. The van der Waals surface area contributed by atoms with Crippen molar-refractivity contribution in [3.05, 3.63) is 22.4 Å². The van der Waals surface area contributed by atoms with Crippen molar-refractivity contribution in [1.82, 2.24) is 9.80 Å². The lowest BCUT2D eigenvalue weighted by atomic mass is 10.3. The molecule has 5 heteroatoms. The molecule has 0 atom stereocenters. The van der Waals surface area contributed by atoms with Gasteiger partial charge in [0.05, 0.1) is 0 Å². The lowest BCUT2D eigenvalue weighted by Crippen LogP contribution is -2.49. The Hall–Kier alpha value is -0.910. The van der Waals surface area contributed by atoms with Gasteiger partial charge in [0.25, 0.3) is 0 Å². The van der Waals surface area contributed by atoms with Crippen LogP contribution in [0.2, 0.25) is 0 Å². The van der Waals surface area contributed by atoms with Gasteiger partial charge in [0.1, 0.15) is 6.61 Å². The minimum atomic E-state index is 0.118. The smallest absolute Gasteiger partial charge is 0.248 e. The van der Waals surface area contributed by atoms with Crippen molar-refractivity contribution >= 4 is 17.2 Å². The van der Waals surface area contributed by atoms with E-state index in [1.165, 1.54) is 4.88 Å². The second-order valence-electron chi connectivity index (χ2n) is 4.37. The highest BCUT2D eigenvalue weighted by molar-refractivity contribution is 7.09. The summed E-state index contributed by atoms with van der Waals surface area (Å²) in [5.74, 6) is 0.118. The number of carbonyl (C=O) groups is 1. The zero-order chi connectivity index (χ0) is 12.8. The number of hydrogen-bond acceptors (Lipinski definition) is 4. The average molecular weight is 268 g/mol. The summed E-state index contributed by atoms with van der Waals surface area (Å²) in [6.07, 6.45) is 0. The van der Waals surface area contributed by atoms with Crippen LogP contribution < -0.4 is 0 Å². The van der Waals surface area contributed by atoms with Crippen molar-refractivity contribution in [1.29, 1.82) is 0 Å². The molecule has 1 saturated heterocycles. The summed E-state index contributed by atoms with van der Waals surface area (Å²) in [7, 11) is 0. The quantitative estimate of drug-likeness (QED) is 0.810. The highest BCUT2D eigenvalue weighted by Crippen LogP contribution is 2.13. The van der Waals surface area contributed by atoms with Gasteiger partial charge in [-0.3, -0.25) is 9.69 Å². The first-order valence-electron chi connectivity index (χ1n) is 6.40. The Morgan fingerprint density at radius 2 is 2.17 bits per heavy atom. The standard InChI is InChI=1S/C13H20N2O2S/c1-2-17-11-13(16)15-7-5-14(6-8-15)10-12-4-3-9-18-12/h3-4,9H,2,5-8,10-11H2,1H3. The molecule has 2 heterocycles. The number of piperazine rings is 1. The molecule has 1 aliphatic heterocycles. The topological polar surface area (TPSA) is 32.8 Å². The van der Waals surface area contributed by atoms with Crippen LogP contribution in [-0.4, -0.2) is 55.1 Å². The first kappa shape index (κ1) is 13.5. The van der Waals surface area contributed by atoms with Crippen molar-refractivity contribution in [3.8, 4) is 0 Å². The van der Waals surface area contributed by atoms with Crippen LogP contribution in [0.3, 0.4) is 0 Å². The van der Waals surface area contributed by atoms with Crippen LogP contribution >= 0.6 is 11.3 Å². The Morgan fingerprint density at radius 1 is 1.39 bits per heavy atom. The summed E-state index contributed by atoms with van der Waals surface area (Å²) in [5.41, 5.74) is 0. The summed E-state index contributed by atoms with van der Waals surface area (Å²) in [6, 6.07) is 4.25. The second-order valence-corrected chi connectivity index (χ2v) is 5.41. The van der Waals surface area contributed by atoms with E-state index in [2.05, 4.69) is 22.4 Å². The maximum absolute atomic E-state index is 11.8. The van der Waals surface area contributed by atoms with E-state index >= 15 is 0 Å². The van der Waals surface area contributed by atoms with E-state index < -0.39 is 0 Å². The summed E-state index contributed by atoms with van der Waals surface area (Å²) in [4.78, 5) is 17.5. The number of ether oxygens (including phenoxy) is 1. The molecule has 0 radical (unpaired) electrons. The predicted octanol–water partition coefficient (Wildman–Crippen LogP) is 1.43. The van der Waals surface area contributed by atoms with Crippen LogP contribution in [0.4, 0.5) is 0 Å². The van der Waals surface area contributed by atoms with Crippen LogP contribution in [0.5, 0.6) is 0 Å². The molecule has 1 aromatic heterocycles. The molecule has 0 saturated carbocycles. The van der Waals surface area contributed by atoms with Crippen molar-refractivity contribution in [2.45, 2.75) is 13.5 Å². The monoisotopic (exact) mass is 268 g/mol. The SMILES string of the molecule is CCOCC(=O)N1CCN(Cc2cccs2)CC1. The molecule has 1 amide bonds. The minimum absolute atomic E-state index is 0.118. The first-order valence-corrected chi connectivity index (χ1v) is 7.28. The number of rotatable bonds is 5. The van der Waals surface area contributed by atoms with Gasteiger partial charge in [0, 0.05) is 44.2 Å². The Morgan fingerprint density at radius 3 is 2.78 bits per heavy atom. The van der Waals surface area contributed by atoms with Gasteiger partial charge in [-0.25, -0.2) is 0 Å². The van der Waals surface area contributed by atoms with Crippen molar-refractivity contribution in [2.24, 2.45) is 0 Å². The molecule has 0 aromatic carbocycles. The van der Waals surface area contributed by atoms with Crippen LogP contribution in [0, 0.1) is 0 Å². The van der Waals surface area contributed by atoms with E-state index in [1.54, 1.807) is 11.3 Å². The zero-order valence-electron chi connectivity index (χ0n) is 10.8. The Kier molecular flexibility index (Phi) is 5.16. The number of nitrogens with zero attached hydrogens (tertiary/aromatic N) is 2. The van der Waals surface area contributed by atoms with Crippen molar-refractivity contribution in [3.63, 3.8) is 0 Å². The molecule has 0 N–H and O–H groups in total. The van der Waals surface area contributed by atoms with Gasteiger partial charge >= 0.3 is 0 Å². The lowest BCUT2D eigenvalue weighted by molar-refractivity contribution is -0.137. The van der Waals surface area contributed by atoms with E-state index in [-0.39, 0.29) is 12.5 Å². The molecule has 0 unspecified atom stereocenters. The minimum Gasteiger partial charge on any atom is -0.372 e. The van der Waals surface area contributed by atoms with Crippen LogP contribution in [0.25, 0.3) is 0 Å². The summed E-state index contributed by atoms with van der Waals surface area (Å²) < 4.78 is 5.16. The van der Waals surface area contributed by atoms with Crippen LogP contribution in [-0.2, 0) is 16.1 Å². The molecule has 2 rings (SSSR count). The highest BCUT2D eigenvalue weighted by atomic mass is 32.1. The van der Waals surface area contributed by atoms with Gasteiger partial charge in [0.2, 0.25) is 5.91 Å². The molecule has 1 aliphatic rings. The maximum atomic E-state index is 11.8. The number of carbonyl (C=O) groups excluding carboxylic acids is 1. The Labute approximate surface area is 112 Å². The lowest BCUT2D eigenvalue weighted by Gasteiger charge is -2.34. The van der Waals surface area contributed by atoms with Gasteiger partial charge in [-0.05, 0) is 18.4 Å². The third-order valence-corrected chi connectivity index (χ3v) is 3.98. The summed E-state index contributed by atoms with van der Waals surface area (Å²) >= 11 is 1.79. The molecular formula is C13H20N2O2S. The first-order chi connectivity index (χ1) is 8.79.